The number of benzene rings is 2. The van der Waals surface area contributed by atoms with Crippen molar-refractivity contribution in [3.63, 3.8) is 0 Å². The molecular formula is C19H20ClNO3. The van der Waals surface area contributed by atoms with Gasteiger partial charge in [-0.15, -0.1) is 0 Å². The Morgan fingerprint density at radius 3 is 2.67 bits per heavy atom. The first-order valence-electron chi connectivity index (χ1n) is 7.83. The highest BCUT2D eigenvalue weighted by Crippen LogP contribution is 2.38. The van der Waals surface area contributed by atoms with Crippen molar-refractivity contribution >= 4 is 17.5 Å². The van der Waals surface area contributed by atoms with Gasteiger partial charge in [-0.2, -0.15) is 0 Å². The molecule has 0 N–H and O–H groups in total. The van der Waals surface area contributed by atoms with E-state index in [1.54, 1.807) is 17.0 Å². The number of methoxy groups -OCH3 is 2. The average Bonchev–Trinajstić information content (AvgIpc) is 3.03. The number of carbonyl (C=O) groups is 1. The molecule has 1 aliphatic carbocycles. The maximum absolute atomic E-state index is 12.9. The number of nitrogens with zero attached hydrogens (tertiary/aromatic N) is 1. The van der Waals surface area contributed by atoms with Crippen molar-refractivity contribution in [2.45, 2.75) is 18.9 Å². The van der Waals surface area contributed by atoms with Crippen LogP contribution in [0.5, 0.6) is 11.5 Å². The van der Waals surface area contributed by atoms with Gasteiger partial charge >= 0.3 is 0 Å². The number of halogens is 1. The topological polar surface area (TPSA) is 38.8 Å². The smallest absolute Gasteiger partial charge is 0.254 e. The monoisotopic (exact) mass is 345 g/mol. The zero-order valence-electron chi connectivity index (χ0n) is 14.0. The first-order valence-corrected chi connectivity index (χ1v) is 8.21. The van der Waals surface area contributed by atoms with Gasteiger partial charge in [0.25, 0.3) is 5.91 Å². The Morgan fingerprint density at radius 1 is 1.21 bits per heavy atom. The van der Waals surface area contributed by atoms with Crippen molar-refractivity contribution in [2.75, 3.05) is 21.3 Å². The van der Waals surface area contributed by atoms with Crippen molar-refractivity contribution in [1.82, 2.24) is 4.90 Å². The summed E-state index contributed by atoms with van der Waals surface area (Å²) in [5.74, 6) is 0.803. The first kappa shape index (κ1) is 16.7. The molecule has 0 saturated carbocycles. The lowest BCUT2D eigenvalue weighted by Gasteiger charge is -2.26. The number of fused-ring (bicyclic) bond motifs is 1. The van der Waals surface area contributed by atoms with E-state index in [1.165, 1.54) is 25.3 Å². The van der Waals surface area contributed by atoms with Gasteiger partial charge < -0.3 is 14.4 Å². The van der Waals surface area contributed by atoms with Crippen molar-refractivity contribution in [1.29, 1.82) is 0 Å². The van der Waals surface area contributed by atoms with E-state index in [2.05, 4.69) is 12.1 Å². The van der Waals surface area contributed by atoms with Gasteiger partial charge in [0.2, 0.25) is 0 Å². The minimum atomic E-state index is -0.0837. The molecule has 0 radical (unpaired) electrons. The summed E-state index contributed by atoms with van der Waals surface area (Å²) in [6.45, 7) is 0. The molecule has 2 aromatic carbocycles. The molecule has 1 amide bonds. The lowest BCUT2D eigenvalue weighted by atomic mass is 10.1. The van der Waals surface area contributed by atoms with Gasteiger partial charge in [0.15, 0.2) is 11.5 Å². The molecule has 5 heteroatoms. The van der Waals surface area contributed by atoms with Crippen LogP contribution in [-0.2, 0) is 6.42 Å². The molecule has 1 unspecified atom stereocenters. The molecule has 0 heterocycles. The van der Waals surface area contributed by atoms with Gasteiger partial charge in [-0.1, -0.05) is 35.9 Å². The molecule has 4 nitrogen and oxygen atoms in total. The van der Waals surface area contributed by atoms with E-state index in [1.807, 2.05) is 19.2 Å². The third kappa shape index (κ3) is 2.82. The molecule has 0 aromatic heterocycles. The fourth-order valence-electron chi connectivity index (χ4n) is 3.32. The first-order chi connectivity index (χ1) is 11.6. The van der Waals surface area contributed by atoms with Crippen LogP contribution in [0.4, 0.5) is 0 Å². The quantitative estimate of drug-likeness (QED) is 0.836. The molecule has 0 saturated heterocycles. The number of rotatable bonds is 4. The number of carbonyl (C=O) groups excluding carboxylic acids is 1. The summed E-state index contributed by atoms with van der Waals surface area (Å²) < 4.78 is 10.5. The zero-order chi connectivity index (χ0) is 17.3. The van der Waals surface area contributed by atoms with Crippen LogP contribution in [0.15, 0.2) is 36.4 Å². The molecular weight excluding hydrogens is 326 g/mol. The maximum atomic E-state index is 12.9. The summed E-state index contributed by atoms with van der Waals surface area (Å²) in [4.78, 5) is 14.7. The predicted octanol–water partition coefficient (Wildman–Crippen LogP) is 4.12. The van der Waals surface area contributed by atoms with Gasteiger partial charge in [-0.05, 0) is 36.1 Å². The molecule has 0 aliphatic heterocycles. The van der Waals surface area contributed by atoms with Crippen molar-refractivity contribution in [2.24, 2.45) is 0 Å². The molecule has 2 aromatic rings. The minimum absolute atomic E-state index is 0.0837. The Kier molecular flexibility index (Phi) is 4.67. The van der Waals surface area contributed by atoms with Crippen LogP contribution in [-0.4, -0.2) is 32.1 Å². The molecule has 1 aliphatic rings. The van der Waals surface area contributed by atoms with Gasteiger partial charge in [0.1, 0.15) is 0 Å². The Labute approximate surface area is 146 Å². The fourth-order valence-corrected chi connectivity index (χ4v) is 3.61. The van der Waals surface area contributed by atoms with E-state index in [4.69, 9.17) is 21.1 Å². The number of hydrogen-bond acceptors (Lipinski definition) is 3. The van der Waals surface area contributed by atoms with Crippen molar-refractivity contribution in [3.05, 3.63) is 58.1 Å². The second kappa shape index (κ2) is 6.73. The lowest BCUT2D eigenvalue weighted by molar-refractivity contribution is 0.0730. The third-order valence-electron chi connectivity index (χ3n) is 4.57. The largest absolute Gasteiger partial charge is 0.493 e. The Morgan fingerprint density at radius 2 is 1.96 bits per heavy atom. The van der Waals surface area contributed by atoms with Crippen LogP contribution >= 0.6 is 11.6 Å². The zero-order valence-corrected chi connectivity index (χ0v) is 14.8. The van der Waals surface area contributed by atoms with Crippen LogP contribution in [0.25, 0.3) is 0 Å². The van der Waals surface area contributed by atoms with Gasteiger partial charge in [-0.25, -0.2) is 0 Å². The minimum Gasteiger partial charge on any atom is -0.493 e. The molecule has 24 heavy (non-hydrogen) atoms. The van der Waals surface area contributed by atoms with Crippen molar-refractivity contribution in [3.8, 4) is 11.5 Å². The fraction of sp³-hybridized carbons (Fsp3) is 0.316. The highest BCUT2D eigenvalue weighted by atomic mass is 35.5. The number of hydrogen-bond donors (Lipinski definition) is 0. The number of amides is 1. The van der Waals surface area contributed by atoms with Crippen molar-refractivity contribution < 1.29 is 14.3 Å². The van der Waals surface area contributed by atoms with E-state index in [0.29, 0.717) is 22.1 Å². The summed E-state index contributed by atoms with van der Waals surface area (Å²) in [5, 5.41) is 0.362. The third-order valence-corrected chi connectivity index (χ3v) is 4.85. The molecule has 1 atom stereocenters. The van der Waals surface area contributed by atoms with Crippen LogP contribution in [0.1, 0.15) is 33.9 Å². The van der Waals surface area contributed by atoms with E-state index in [9.17, 15) is 4.79 Å². The predicted molar refractivity (Wildman–Crippen MR) is 94.2 cm³/mol. The summed E-state index contributed by atoms with van der Waals surface area (Å²) >= 11 is 6.23. The molecule has 0 bridgehead atoms. The Bertz CT molecular complexity index is 775. The maximum Gasteiger partial charge on any atom is 0.254 e. The van der Waals surface area contributed by atoms with Crippen LogP contribution in [0.2, 0.25) is 5.02 Å². The highest BCUT2D eigenvalue weighted by molar-refractivity contribution is 6.32. The number of aryl methyl sites for hydroxylation is 1. The summed E-state index contributed by atoms with van der Waals surface area (Å²) in [5.41, 5.74) is 3.02. The van der Waals surface area contributed by atoms with Crippen LogP contribution < -0.4 is 9.47 Å². The Hall–Kier alpha value is -2.20. The summed E-state index contributed by atoms with van der Waals surface area (Å²) in [6, 6.07) is 11.7. The highest BCUT2D eigenvalue weighted by Gasteiger charge is 2.29. The number of ether oxygens (including phenoxy) is 2. The van der Waals surface area contributed by atoms with Gasteiger partial charge in [0, 0.05) is 12.6 Å². The summed E-state index contributed by atoms with van der Waals surface area (Å²) in [6.07, 6.45) is 1.92. The Balaban J connectivity index is 1.91. The molecule has 0 spiro atoms. The normalized spacial score (nSPS) is 15.8. The average molecular weight is 346 g/mol. The molecule has 3 rings (SSSR count). The van der Waals surface area contributed by atoms with E-state index in [0.717, 1.165) is 12.8 Å². The van der Waals surface area contributed by atoms with Gasteiger partial charge in [0.05, 0.1) is 25.3 Å². The summed E-state index contributed by atoms with van der Waals surface area (Å²) in [7, 11) is 4.88. The lowest BCUT2D eigenvalue weighted by Crippen LogP contribution is -2.30. The van der Waals surface area contributed by atoms with Crippen LogP contribution in [0, 0.1) is 0 Å². The van der Waals surface area contributed by atoms with Crippen LogP contribution in [0.3, 0.4) is 0 Å². The SMILES string of the molecule is COc1cc(C(=O)N(C)C2CCc3ccccc32)cc(Cl)c1OC. The second-order valence-corrected chi connectivity index (χ2v) is 6.27. The van der Waals surface area contributed by atoms with E-state index >= 15 is 0 Å². The van der Waals surface area contributed by atoms with E-state index in [-0.39, 0.29) is 11.9 Å². The standard InChI is InChI=1S/C19H20ClNO3/c1-21(16-9-8-12-6-4-5-7-14(12)16)19(22)13-10-15(20)18(24-3)17(11-13)23-2/h4-7,10-11,16H,8-9H2,1-3H3. The van der Waals surface area contributed by atoms with Gasteiger partial charge in [-0.3, -0.25) is 4.79 Å². The van der Waals surface area contributed by atoms with E-state index < -0.39 is 0 Å². The second-order valence-electron chi connectivity index (χ2n) is 5.86. The molecule has 0 fully saturated rings. The molecule has 126 valence electrons.